The zero-order chi connectivity index (χ0) is 15.7. The van der Waals surface area contributed by atoms with Gasteiger partial charge in [0.05, 0.1) is 24.4 Å². The highest BCUT2D eigenvalue weighted by Crippen LogP contribution is 2.34. The molecule has 122 valence electrons. The zero-order valence-electron chi connectivity index (χ0n) is 14.4. The molecule has 2 heterocycles. The summed E-state index contributed by atoms with van der Waals surface area (Å²) in [6.07, 6.45) is 0. The normalized spacial score (nSPS) is 19.4. The molecular formula is C18H29N3O. The molecule has 2 aliphatic heterocycles. The van der Waals surface area contributed by atoms with Crippen LogP contribution in [-0.2, 0) is 11.3 Å². The first-order valence-corrected chi connectivity index (χ1v) is 8.39. The van der Waals surface area contributed by atoms with Crippen LogP contribution in [0.4, 0.5) is 5.69 Å². The molecule has 0 unspecified atom stereocenters. The van der Waals surface area contributed by atoms with Crippen LogP contribution in [0.15, 0.2) is 18.2 Å². The monoisotopic (exact) mass is 303 g/mol. The van der Waals surface area contributed by atoms with Gasteiger partial charge >= 0.3 is 0 Å². The number of hydrogen-bond acceptors (Lipinski definition) is 4. The van der Waals surface area contributed by atoms with Gasteiger partial charge in [-0.25, -0.2) is 5.01 Å². The van der Waals surface area contributed by atoms with Crippen molar-refractivity contribution in [3.05, 3.63) is 29.3 Å². The second-order valence-corrected chi connectivity index (χ2v) is 7.53. The molecule has 4 nitrogen and oxygen atoms in total. The Balaban J connectivity index is 1.71. The number of hydrogen-bond donors (Lipinski definition) is 1. The molecule has 0 radical (unpaired) electrons. The lowest BCUT2D eigenvalue weighted by molar-refractivity contribution is -0.00287. The van der Waals surface area contributed by atoms with Crippen LogP contribution in [0.5, 0.6) is 0 Å². The summed E-state index contributed by atoms with van der Waals surface area (Å²) in [6, 6.07) is 6.63. The van der Waals surface area contributed by atoms with Crippen molar-refractivity contribution in [1.82, 2.24) is 10.3 Å². The van der Waals surface area contributed by atoms with Crippen LogP contribution in [0.25, 0.3) is 0 Å². The van der Waals surface area contributed by atoms with Crippen molar-refractivity contribution in [3.63, 3.8) is 0 Å². The average Bonchev–Trinajstić information content (AvgIpc) is 2.73. The van der Waals surface area contributed by atoms with Gasteiger partial charge in [-0.2, -0.15) is 0 Å². The maximum atomic E-state index is 5.95. The number of nitrogens with one attached hydrogen (secondary N) is 1. The molecule has 1 saturated heterocycles. The molecule has 1 aromatic rings. The predicted molar refractivity (Wildman–Crippen MR) is 91.0 cm³/mol. The topological polar surface area (TPSA) is 27.7 Å². The Kier molecular flexibility index (Phi) is 4.44. The summed E-state index contributed by atoms with van der Waals surface area (Å²) >= 11 is 0. The number of rotatable bonds is 5. The molecule has 1 N–H and O–H groups in total. The van der Waals surface area contributed by atoms with Gasteiger partial charge in [0.1, 0.15) is 0 Å². The fraction of sp³-hybridized carbons (Fsp3) is 0.667. The van der Waals surface area contributed by atoms with Gasteiger partial charge in [-0.3, -0.25) is 0 Å². The third kappa shape index (κ3) is 3.45. The predicted octanol–water partition coefficient (Wildman–Crippen LogP) is 2.57. The van der Waals surface area contributed by atoms with Gasteiger partial charge in [-0.1, -0.05) is 12.1 Å². The molecule has 0 spiro atoms. The summed E-state index contributed by atoms with van der Waals surface area (Å²) in [5, 5.41) is 8.32. The van der Waals surface area contributed by atoms with E-state index in [1.165, 1.54) is 16.8 Å². The van der Waals surface area contributed by atoms with Gasteiger partial charge in [-0.05, 0) is 50.8 Å². The van der Waals surface area contributed by atoms with Gasteiger partial charge in [0.2, 0.25) is 0 Å². The molecule has 0 amide bonds. The van der Waals surface area contributed by atoms with E-state index in [2.05, 4.69) is 61.2 Å². The first-order chi connectivity index (χ1) is 10.4. The Labute approximate surface area is 134 Å². The van der Waals surface area contributed by atoms with Crippen LogP contribution in [-0.4, -0.2) is 43.4 Å². The minimum atomic E-state index is -0.0715. The van der Waals surface area contributed by atoms with Crippen LogP contribution < -0.4 is 10.3 Å². The largest absolute Gasteiger partial charge is 0.374 e. The van der Waals surface area contributed by atoms with Crippen LogP contribution in [0, 0.1) is 12.8 Å². The lowest BCUT2D eigenvalue weighted by atomic mass is 10.0. The Morgan fingerprint density at radius 3 is 2.68 bits per heavy atom. The van der Waals surface area contributed by atoms with Gasteiger partial charge in [0.15, 0.2) is 0 Å². The van der Waals surface area contributed by atoms with E-state index in [1.54, 1.807) is 0 Å². The van der Waals surface area contributed by atoms with E-state index in [1.807, 2.05) is 0 Å². The quantitative estimate of drug-likeness (QED) is 0.905. The highest BCUT2D eigenvalue weighted by molar-refractivity contribution is 5.59. The summed E-state index contributed by atoms with van der Waals surface area (Å²) in [7, 11) is 0. The number of aryl methyl sites for hydroxylation is 1. The summed E-state index contributed by atoms with van der Waals surface area (Å²) in [5.41, 5.74) is 4.17. The number of hydrazine groups is 1. The minimum absolute atomic E-state index is 0.0715. The fourth-order valence-corrected chi connectivity index (χ4v) is 3.19. The van der Waals surface area contributed by atoms with Gasteiger partial charge in [0.25, 0.3) is 0 Å². The molecular weight excluding hydrogens is 274 g/mol. The van der Waals surface area contributed by atoms with E-state index in [0.717, 1.165) is 45.2 Å². The molecule has 0 aromatic heterocycles. The lowest BCUT2D eigenvalue weighted by Crippen LogP contribution is -2.51. The van der Waals surface area contributed by atoms with E-state index in [-0.39, 0.29) is 5.60 Å². The van der Waals surface area contributed by atoms with Crippen molar-refractivity contribution in [1.29, 1.82) is 0 Å². The second kappa shape index (κ2) is 6.19. The number of anilines is 1. The molecule has 0 aliphatic carbocycles. The van der Waals surface area contributed by atoms with E-state index in [9.17, 15) is 0 Å². The summed E-state index contributed by atoms with van der Waals surface area (Å²) < 4.78 is 5.95. The molecule has 4 heteroatoms. The van der Waals surface area contributed by atoms with Crippen molar-refractivity contribution in [3.8, 4) is 0 Å². The maximum Gasteiger partial charge on any atom is 0.0664 e. The number of nitrogens with zero attached hydrogens (tertiary/aromatic N) is 2. The molecule has 1 fully saturated rings. The van der Waals surface area contributed by atoms with Crippen molar-refractivity contribution >= 4 is 5.69 Å². The van der Waals surface area contributed by atoms with Crippen LogP contribution in [0.1, 0.15) is 31.9 Å². The highest BCUT2D eigenvalue weighted by Gasteiger charge is 2.31. The molecule has 0 bridgehead atoms. The summed E-state index contributed by atoms with van der Waals surface area (Å²) in [6.45, 7) is 14.7. The highest BCUT2D eigenvalue weighted by atomic mass is 16.5. The van der Waals surface area contributed by atoms with Crippen molar-refractivity contribution in [2.75, 3.05) is 37.8 Å². The molecule has 2 aliphatic rings. The molecule has 0 saturated carbocycles. The Morgan fingerprint density at radius 1 is 1.27 bits per heavy atom. The van der Waals surface area contributed by atoms with Crippen LogP contribution >= 0.6 is 0 Å². The second-order valence-electron chi connectivity index (χ2n) is 7.53. The van der Waals surface area contributed by atoms with Crippen LogP contribution in [0.2, 0.25) is 0 Å². The van der Waals surface area contributed by atoms with E-state index in [0.29, 0.717) is 0 Å². The minimum Gasteiger partial charge on any atom is -0.374 e. The third-order valence-electron chi connectivity index (χ3n) is 4.52. The summed E-state index contributed by atoms with van der Waals surface area (Å²) in [4.78, 5) is 0. The Bertz CT molecular complexity index is 520. The number of benzene rings is 1. The Morgan fingerprint density at radius 2 is 2.05 bits per heavy atom. The lowest BCUT2D eigenvalue weighted by Gasteiger charge is -2.37. The van der Waals surface area contributed by atoms with Crippen molar-refractivity contribution < 1.29 is 4.74 Å². The van der Waals surface area contributed by atoms with Crippen LogP contribution in [0.3, 0.4) is 0 Å². The van der Waals surface area contributed by atoms with Crippen molar-refractivity contribution in [2.24, 2.45) is 5.92 Å². The van der Waals surface area contributed by atoms with E-state index >= 15 is 0 Å². The van der Waals surface area contributed by atoms with Gasteiger partial charge < -0.3 is 15.1 Å². The first-order valence-electron chi connectivity index (χ1n) is 8.39. The van der Waals surface area contributed by atoms with E-state index in [4.69, 9.17) is 4.74 Å². The molecule has 22 heavy (non-hydrogen) atoms. The molecule has 1 aromatic carbocycles. The summed E-state index contributed by atoms with van der Waals surface area (Å²) in [5.74, 6) is 0.778. The first kappa shape index (κ1) is 15.8. The van der Waals surface area contributed by atoms with Gasteiger partial charge in [0, 0.05) is 26.2 Å². The third-order valence-corrected chi connectivity index (χ3v) is 4.52. The zero-order valence-corrected chi connectivity index (χ0v) is 14.4. The van der Waals surface area contributed by atoms with Gasteiger partial charge in [-0.15, -0.1) is 0 Å². The standard InChI is InChI=1S/C18H29N3O/c1-14-6-5-7-17-16(14)13-20(12-15-10-19-11-15)21(17)8-9-22-18(2,3)4/h5-7,15,19H,8-13H2,1-4H3. The maximum absolute atomic E-state index is 5.95. The number of fused-ring (bicyclic) bond motifs is 1. The molecule has 3 rings (SSSR count). The number of ether oxygens (including phenoxy) is 1. The fourth-order valence-electron chi connectivity index (χ4n) is 3.19. The average molecular weight is 303 g/mol. The SMILES string of the molecule is Cc1cccc2c1CN(CC1CNC1)N2CCOC(C)(C)C. The smallest absolute Gasteiger partial charge is 0.0664 e. The Hall–Kier alpha value is -1.10. The van der Waals surface area contributed by atoms with Crippen molar-refractivity contribution in [2.45, 2.75) is 39.8 Å². The molecule has 0 atom stereocenters. The van der Waals surface area contributed by atoms with E-state index < -0.39 is 0 Å².